The third-order valence-corrected chi connectivity index (χ3v) is 3.19. The molecule has 0 unspecified atom stereocenters. The Morgan fingerprint density at radius 1 is 1.45 bits per heavy atom. The highest BCUT2D eigenvalue weighted by molar-refractivity contribution is 5.95. The number of aryl methyl sites for hydroxylation is 1. The Morgan fingerprint density at radius 2 is 2.20 bits per heavy atom. The minimum Gasteiger partial charge on any atom is -0.478 e. The minimum atomic E-state index is -1.01. The van der Waals surface area contributed by atoms with E-state index in [1.165, 1.54) is 0 Å². The van der Waals surface area contributed by atoms with Gasteiger partial charge in [0.25, 0.3) is 0 Å². The largest absolute Gasteiger partial charge is 0.478 e. The maximum atomic E-state index is 11.2. The van der Waals surface area contributed by atoms with Crippen molar-refractivity contribution in [1.82, 2.24) is 4.98 Å². The molecule has 1 aromatic carbocycles. The molecular weight excluding hydrogens is 254 g/mol. The van der Waals surface area contributed by atoms with E-state index >= 15 is 0 Å². The monoisotopic (exact) mass is 271 g/mol. The number of pyridine rings is 1. The number of nitrogen functional groups attached to an aromatic ring is 1. The van der Waals surface area contributed by atoms with Crippen LogP contribution in [0.4, 0.5) is 11.4 Å². The fourth-order valence-electron chi connectivity index (χ4n) is 2.03. The number of hydrogen-bond acceptors (Lipinski definition) is 4. The van der Waals surface area contributed by atoms with Crippen molar-refractivity contribution in [2.24, 2.45) is 0 Å². The summed E-state index contributed by atoms with van der Waals surface area (Å²) in [5.41, 5.74) is 8.88. The maximum Gasteiger partial charge on any atom is 0.337 e. The number of aromatic nitrogens is 1. The summed E-state index contributed by atoms with van der Waals surface area (Å²) in [6.45, 7) is 2.46. The second kappa shape index (κ2) is 5.61. The molecule has 1 aromatic heterocycles. The Kier molecular flexibility index (Phi) is 3.89. The van der Waals surface area contributed by atoms with Crippen molar-refractivity contribution in [3.05, 3.63) is 53.3 Å². The Bertz CT molecular complexity index is 627. The molecule has 0 fully saturated rings. The molecule has 1 heterocycles. The number of aromatic carboxylic acids is 1. The van der Waals surface area contributed by atoms with Crippen molar-refractivity contribution in [3.8, 4) is 0 Å². The van der Waals surface area contributed by atoms with Gasteiger partial charge in [0.05, 0.1) is 5.56 Å². The number of benzene rings is 1. The van der Waals surface area contributed by atoms with E-state index in [2.05, 4.69) is 4.98 Å². The second-order valence-electron chi connectivity index (χ2n) is 4.75. The van der Waals surface area contributed by atoms with Gasteiger partial charge in [-0.2, -0.15) is 0 Å². The highest BCUT2D eigenvalue weighted by Crippen LogP contribution is 2.25. The van der Waals surface area contributed by atoms with Crippen molar-refractivity contribution in [2.75, 3.05) is 17.7 Å². The molecule has 3 N–H and O–H groups in total. The van der Waals surface area contributed by atoms with Crippen molar-refractivity contribution in [3.63, 3.8) is 0 Å². The zero-order valence-electron chi connectivity index (χ0n) is 11.5. The highest BCUT2D eigenvalue weighted by atomic mass is 16.4. The molecule has 0 spiro atoms. The lowest BCUT2D eigenvalue weighted by Gasteiger charge is -2.21. The first-order valence-corrected chi connectivity index (χ1v) is 6.22. The van der Waals surface area contributed by atoms with Gasteiger partial charge in [-0.05, 0) is 36.2 Å². The second-order valence-corrected chi connectivity index (χ2v) is 4.75. The lowest BCUT2D eigenvalue weighted by atomic mass is 10.1. The zero-order valence-corrected chi connectivity index (χ0v) is 11.5. The van der Waals surface area contributed by atoms with Gasteiger partial charge in [-0.15, -0.1) is 0 Å². The predicted octanol–water partition coefficient (Wildman–Crippen LogP) is 2.31. The van der Waals surface area contributed by atoms with Crippen LogP contribution < -0.4 is 10.6 Å². The Hall–Kier alpha value is -2.56. The summed E-state index contributed by atoms with van der Waals surface area (Å²) >= 11 is 0. The molecule has 104 valence electrons. The maximum absolute atomic E-state index is 11.2. The molecule has 20 heavy (non-hydrogen) atoms. The van der Waals surface area contributed by atoms with Gasteiger partial charge in [-0.25, -0.2) is 4.79 Å². The predicted molar refractivity (Wildman–Crippen MR) is 78.9 cm³/mol. The summed E-state index contributed by atoms with van der Waals surface area (Å²) in [4.78, 5) is 17.2. The molecule has 0 aliphatic rings. The smallest absolute Gasteiger partial charge is 0.337 e. The number of nitrogens with zero attached hydrogens (tertiary/aromatic N) is 2. The van der Waals surface area contributed by atoms with Gasteiger partial charge >= 0.3 is 5.97 Å². The number of rotatable bonds is 4. The summed E-state index contributed by atoms with van der Waals surface area (Å²) in [7, 11) is 1.91. The SMILES string of the molecule is Cc1cc(N(C)Cc2cccnc2)cc(C(=O)O)c1N. The van der Waals surface area contributed by atoms with E-state index in [9.17, 15) is 9.90 Å². The fraction of sp³-hybridized carbons (Fsp3) is 0.200. The van der Waals surface area contributed by atoms with Gasteiger partial charge in [-0.1, -0.05) is 6.07 Å². The van der Waals surface area contributed by atoms with Crippen molar-refractivity contribution in [2.45, 2.75) is 13.5 Å². The number of nitrogens with two attached hydrogens (primary N) is 1. The number of carboxylic acid groups (broad SMARTS) is 1. The van der Waals surface area contributed by atoms with E-state index < -0.39 is 5.97 Å². The van der Waals surface area contributed by atoms with Gasteiger partial charge in [0.1, 0.15) is 0 Å². The molecule has 2 aromatic rings. The van der Waals surface area contributed by atoms with Gasteiger partial charge in [-0.3, -0.25) is 4.98 Å². The number of hydrogen-bond donors (Lipinski definition) is 2. The van der Waals surface area contributed by atoms with Crippen LogP contribution in [0.1, 0.15) is 21.5 Å². The van der Waals surface area contributed by atoms with Crippen LogP contribution in [0, 0.1) is 6.92 Å². The third kappa shape index (κ3) is 2.88. The fourth-order valence-corrected chi connectivity index (χ4v) is 2.03. The molecule has 0 saturated heterocycles. The lowest BCUT2D eigenvalue weighted by Crippen LogP contribution is -2.18. The van der Waals surface area contributed by atoms with Crippen molar-refractivity contribution < 1.29 is 9.90 Å². The summed E-state index contributed by atoms with van der Waals surface area (Å²) in [5.74, 6) is -1.01. The van der Waals surface area contributed by atoms with E-state index in [-0.39, 0.29) is 5.56 Å². The van der Waals surface area contributed by atoms with Gasteiger partial charge in [0.15, 0.2) is 0 Å². The van der Waals surface area contributed by atoms with Crippen LogP contribution in [0.3, 0.4) is 0 Å². The van der Waals surface area contributed by atoms with Crippen LogP contribution in [-0.4, -0.2) is 23.1 Å². The summed E-state index contributed by atoms with van der Waals surface area (Å²) in [6, 6.07) is 7.34. The van der Waals surface area contributed by atoms with Crippen molar-refractivity contribution >= 4 is 17.3 Å². The van der Waals surface area contributed by atoms with E-state index in [4.69, 9.17) is 5.73 Å². The van der Waals surface area contributed by atoms with Gasteiger partial charge in [0, 0.05) is 37.4 Å². The topological polar surface area (TPSA) is 79.5 Å². The molecule has 0 bridgehead atoms. The summed E-state index contributed by atoms with van der Waals surface area (Å²) in [6.07, 6.45) is 3.51. The Labute approximate surface area is 117 Å². The lowest BCUT2D eigenvalue weighted by molar-refractivity contribution is 0.0698. The molecule has 0 amide bonds. The first-order valence-electron chi connectivity index (χ1n) is 6.22. The molecule has 5 heteroatoms. The van der Waals surface area contributed by atoms with Crippen LogP contribution in [0.2, 0.25) is 0 Å². The molecule has 0 radical (unpaired) electrons. The molecule has 0 aliphatic carbocycles. The minimum absolute atomic E-state index is 0.137. The van der Waals surface area contributed by atoms with Crippen LogP contribution in [0.15, 0.2) is 36.7 Å². The molecule has 0 aliphatic heterocycles. The standard InChI is InChI=1S/C15H17N3O2/c1-10-6-12(7-13(14(10)16)15(19)20)18(2)9-11-4-3-5-17-8-11/h3-8H,9,16H2,1-2H3,(H,19,20). The van der Waals surface area contributed by atoms with Crippen LogP contribution >= 0.6 is 0 Å². The van der Waals surface area contributed by atoms with Crippen molar-refractivity contribution in [1.29, 1.82) is 0 Å². The number of carbonyl (C=O) groups is 1. The molecule has 2 rings (SSSR count). The molecule has 5 nitrogen and oxygen atoms in total. The molecular formula is C15H17N3O2. The number of carboxylic acids is 1. The van der Waals surface area contributed by atoms with Crippen LogP contribution in [-0.2, 0) is 6.54 Å². The first kappa shape index (κ1) is 13.9. The first-order chi connectivity index (χ1) is 9.49. The van der Waals surface area contributed by atoms with Gasteiger partial charge < -0.3 is 15.7 Å². The number of anilines is 2. The normalized spacial score (nSPS) is 10.3. The molecule has 0 atom stereocenters. The average Bonchev–Trinajstić information content (AvgIpc) is 2.42. The molecule has 0 saturated carbocycles. The Balaban J connectivity index is 2.31. The zero-order chi connectivity index (χ0) is 14.7. The van der Waals surface area contributed by atoms with E-state index in [0.29, 0.717) is 12.2 Å². The Morgan fingerprint density at radius 3 is 2.80 bits per heavy atom. The van der Waals surface area contributed by atoms with Crippen LogP contribution in [0.25, 0.3) is 0 Å². The van der Waals surface area contributed by atoms with Gasteiger partial charge in [0.2, 0.25) is 0 Å². The van der Waals surface area contributed by atoms with E-state index in [1.807, 2.05) is 37.1 Å². The summed E-state index contributed by atoms with van der Waals surface area (Å²) in [5, 5.41) is 9.18. The third-order valence-electron chi connectivity index (χ3n) is 3.19. The highest BCUT2D eigenvalue weighted by Gasteiger charge is 2.13. The average molecular weight is 271 g/mol. The van der Waals surface area contributed by atoms with E-state index in [0.717, 1.165) is 16.8 Å². The van der Waals surface area contributed by atoms with E-state index in [1.54, 1.807) is 18.5 Å². The quantitative estimate of drug-likeness (QED) is 0.834. The summed E-state index contributed by atoms with van der Waals surface area (Å²) < 4.78 is 0. The van der Waals surface area contributed by atoms with Crippen LogP contribution in [0.5, 0.6) is 0 Å².